The van der Waals surface area contributed by atoms with Gasteiger partial charge in [0.25, 0.3) is 6.01 Å². The number of imidazole rings is 1. The van der Waals surface area contributed by atoms with Crippen LogP contribution in [0.3, 0.4) is 0 Å². The molecule has 0 atom stereocenters. The predicted octanol–water partition coefficient (Wildman–Crippen LogP) is 3.11. The number of ether oxygens (including phenoxy) is 1. The summed E-state index contributed by atoms with van der Waals surface area (Å²) in [7, 11) is 1.65. The summed E-state index contributed by atoms with van der Waals surface area (Å²) in [6, 6.07) is 13.0. The highest BCUT2D eigenvalue weighted by atomic mass is 32.1. The van der Waals surface area contributed by atoms with Gasteiger partial charge in [-0.1, -0.05) is 23.5 Å². The maximum absolute atomic E-state index is 5.46. The molecule has 0 saturated carbocycles. The highest BCUT2D eigenvalue weighted by molar-refractivity contribution is 7.22. The summed E-state index contributed by atoms with van der Waals surface area (Å²) >= 11 is 1.74. The lowest BCUT2D eigenvalue weighted by Gasteiger charge is -2.39. The molecule has 0 N–H and O–H groups in total. The first-order valence-electron chi connectivity index (χ1n) is 7.81. The number of anilines is 1. The summed E-state index contributed by atoms with van der Waals surface area (Å²) in [5, 5.41) is 1.07. The minimum Gasteiger partial charge on any atom is -0.468 e. The second-order valence-corrected chi connectivity index (χ2v) is 6.85. The fourth-order valence-electron chi connectivity index (χ4n) is 3.15. The van der Waals surface area contributed by atoms with Crippen molar-refractivity contribution in [1.82, 2.24) is 19.5 Å². The summed E-state index contributed by atoms with van der Waals surface area (Å²) in [5.74, 6) is 0. The summed E-state index contributed by atoms with van der Waals surface area (Å²) < 4.78 is 8.78. The lowest BCUT2D eigenvalue weighted by molar-refractivity contribution is 0.314. The van der Waals surface area contributed by atoms with Gasteiger partial charge in [0, 0.05) is 19.3 Å². The Kier molecular flexibility index (Phi) is 2.96. The third kappa shape index (κ3) is 1.98. The molecule has 7 heteroatoms. The van der Waals surface area contributed by atoms with Gasteiger partial charge in [-0.3, -0.25) is 4.57 Å². The standard InChI is InChI=1S/C17H15N5OS/c1-23-16-19-13-6-4-8-18-15(13)22(16)11-9-21(10-11)17-20-12-5-2-3-7-14(12)24-17/h2-8,11H,9-10H2,1H3. The Morgan fingerprint density at radius 2 is 1.92 bits per heavy atom. The number of hydrogen-bond donors (Lipinski definition) is 0. The third-order valence-corrected chi connectivity index (χ3v) is 5.48. The molecule has 0 bridgehead atoms. The van der Waals surface area contributed by atoms with Crippen LogP contribution >= 0.6 is 11.3 Å². The predicted molar refractivity (Wildman–Crippen MR) is 95.0 cm³/mol. The normalized spacial score (nSPS) is 15.1. The third-order valence-electron chi connectivity index (χ3n) is 4.38. The van der Waals surface area contributed by atoms with E-state index in [-0.39, 0.29) is 0 Å². The van der Waals surface area contributed by atoms with Crippen molar-refractivity contribution in [2.24, 2.45) is 0 Å². The summed E-state index contributed by atoms with van der Waals surface area (Å²) in [6.45, 7) is 1.77. The molecular formula is C17H15N5OS. The van der Waals surface area contributed by atoms with Gasteiger partial charge in [-0.15, -0.1) is 0 Å². The van der Waals surface area contributed by atoms with Crippen molar-refractivity contribution in [2.75, 3.05) is 25.1 Å². The van der Waals surface area contributed by atoms with E-state index in [1.54, 1.807) is 24.6 Å². The number of nitrogens with zero attached hydrogens (tertiary/aromatic N) is 5. The fourth-order valence-corrected chi connectivity index (χ4v) is 4.14. The van der Waals surface area contributed by atoms with Gasteiger partial charge in [0.1, 0.15) is 5.52 Å². The summed E-state index contributed by atoms with van der Waals surface area (Å²) in [6.07, 6.45) is 1.80. The number of fused-ring (bicyclic) bond motifs is 2. The van der Waals surface area contributed by atoms with Crippen LogP contribution in [-0.4, -0.2) is 39.7 Å². The topological polar surface area (TPSA) is 56.1 Å². The fraction of sp³-hybridized carbons (Fsp3) is 0.235. The molecule has 6 nitrogen and oxygen atoms in total. The maximum Gasteiger partial charge on any atom is 0.298 e. The Morgan fingerprint density at radius 3 is 2.75 bits per heavy atom. The van der Waals surface area contributed by atoms with Crippen LogP contribution < -0.4 is 9.64 Å². The van der Waals surface area contributed by atoms with Gasteiger partial charge in [0.2, 0.25) is 0 Å². The first kappa shape index (κ1) is 13.7. The number of aromatic nitrogens is 4. The van der Waals surface area contributed by atoms with E-state index in [1.165, 1.54) is 4.70 Å². The molecule has 0 radical (unpaired) electrons. The van der Waals surface area contributed by atoms with Crippen molar-refractivity contribution in [3.63, 3.8) is 0 Å². The van der Waals surface area contributed by atoms with Gasteiger partial charge >= 0.3 is 0 Å². The van der Waals surface area contributed by atoms with Gasteiger partial charge in [0.05, 0.1) is 23.4 Å². The molecule has 1 aliphatic heterocycles. The minimum atomic E-state index is 0.298. The van der Waals surface area contributed by atoms with E-state index in [2.05, 4.69) is 37.6 Å². The van der Waals surface area contributed by atoms with Crippen molar-refractivity contribution in [2.45, 2.75) is 6.04 Å². The van der Waals surface area contributed by atoms with E-state index in [4.69, 9.17) is 9.72 Å². The van der Waals surface area contributed by atoms with E-state index in [0.29, 0.717) is 12.1 Å². The number of methoxy groups -OCH3 is 1. The molecule has 0 aliphatic carbocycles. The SMILES string of the molecule is COc1nc2cccnc2n1C1CN(c2nc3ccccc3s2)C1. The lowest BCUT2D eigenvalue weighted by Crippen LogP contribution is -2.47. The highest BCUT2D eigenvalue weighted by Crippen LogP contribution is 2.36. The molecule has 1 saturated heterocycles. The van der Waals surface area contributed by atoms with Gasteiger partial charge < -0.3 is 9.64 Å². The second-order valence-electron chi connectivity index (χ2n) is 5.84. The summed E-state index contributed by atoms with van der Waals surface area (Å²) in [4.78, 5) is 16.0. The first-order valence-corrected chi connectivity index (χ1v) is 8.62. The molecule has 3 aromatic heterocycles. The average Bonchev–Trinajstić information content (AvgIpc) is 3.15. The van der Waals surface area contributed by atoms with Crippen molar-refractivity contribution >= 4 is 37.8 Å². The number of thiazole rings is 1. The molecule has 120 valence electrons. The van der Waals surface area contributed by atoms with Crippen LogP contribution in [0.2, 0.25) is 0 Å². The van der Waals surface area contributed by atoms with Gasteiger partial charge in [0.15, 0.2) is 10.8 Å². The molecule has 0 unspecified atom stereocenters. The van der Waals surface area contributed by atoms with E-state index in [9.17, 15) is 0 Å². The molecular weight excluding hydrogens is 322 g/mol. The van der Waals surface area contributed by atoms with E-state index in [1.807, 2.05) is 18.2 Å². The Labute approximate surface area is 142 Å². The van der Waals surface area contributed by atoms with Crippen LogP contribution in [0, 0.1) is 0 Å². The number of rotatable bonds is 3. The number of pyridine rings is 1. The molecule has 4 aromatic rings. The number of hydrogen-bond acceptors (Lipinski definition) is 6. The van der Waals surface area contributed by atoms with E-state index < -0.39 is 0 Å². The molecule has 0 amide bonds. The molecule has 1 aromatic carbocycles. The van der Waals surface area contributed by atoms with E-state index >= 15 is 0 Å². The Morgan fingerprint density at radius 1 is 1.08 bits per heavy atom. The van der Waals surface area contributed by atoms with Crippen LogP contribution in [-0.2, 0) is 0 Å². The van der Waals surface area contributed by atoms with Gasteiger partial charge in [-0.05, 0) is 24.3 Å². The molecule has 24 heavy (non-hydrogen) atoms. The lowest BCUT2D eigenvalue weighted by atomic mass is 10.1. The monoisotopic (exact) mass is 337 g/mol. The van der Waals surface area contributed by atoms with Crippen LogP contribution in [0.4, 0.5) is 5.13 Å². The van der Waals surface area contributed by atoms with Crippen molar-refractivity contribution < 1.29 is 4.74 Å². The van der Waals surface area contributed by atoms with Crippen molar-refractivity contribution in [3.8, 4) is 6.01 Å². The van der Waals surface area contributed by atoms with Crippen LogP contribution in [0.25, 0.3) is 21.4 Å². The zero-order valence-corrected chi connectivity index (χ0v) is 13.9. The summed E-state index contributed by atoms with van der Waals surface area (Å²) in [5.41, 5.74) is 2.81. The zero-order valence-electron chi connectivity index (χ0n) is 13.1. The molecule has 0 spiro atoms. The number of benzene rings is 1. The Hall–Kier alpha value is -2.67. The van der Waals surface area contributed by atoms with Crippen LogP contribution in [0.1, 0.15) is 6.04 Å². The molecule has 5 rings (SSSR count). The smallest absolute Gasteiger partial charge is 0.298 e. The van der Waals surface area contributed by atoms with Crippen LogP contribution in [0.5, 0.6) is 6.01 Å². The minimum absolute atomic E-state index is 0.298. The van der Waals surface area contributed by atoms with Gasteiger partial charge in [-0.25, -0.2) is 9.97 Å². The van der Waals surface area contributed by atoms with Crippen molar-refractivity contribution in [3.05, 3.63) is 42.6 Å². The molecule has 4 heterocycles. The highest BCUT2D eigenvalue weighted by Gasteiger charge is 2.33. The Balaban J connectivity index is 1.45. The molecule has 1 aliphatic rings. The number of para-hydroxylation sites is 1. The largest absolute Gasteiger partial charge is 0.468 e. The van der Waals surface area contributed by atoms with E-state index in [0.717, 1.165) is 34.9 Å². The average molecular weight is 337 g/mol. The second kappa shape index (κ2) is 5.17. The maximum atomic E-state index is 5.46. The Bertz CT molecular complexity index is 1000. The molecule has 1 fully saturated rings. The zero-order chi connectivity index (χ0) is 16.1. The van der Waals surface area contributed by atoms with Gasteiger partial charge in [-0.2, -0.15) is 4.98 Å². The van der Waals surface area contributed by atoms with Crippen LogP contribution in [0.15, 0.2) is 42.6 Å². The van der Waals surface area contributed by atoms with Crippen molar-refractivity contribution in [1.29, 1.82) is 0 Å². The first-order chi connectivity index (χ1) is 11.8. The quantitative estimate of drug-likeness (QED) is 0.575.